The van der Waals surface area contributed by atoms with E-state index >= 15 is 0 Å². The minimum atomic E-state index is -0.867. The van der Waals surface area contributed by atoms with Gasteiger partial charge >= 0.3 is 5.97 Å². The summed E-state index contributed by atoms with van der Waals surface area (Å²) < 4.78 is 0. The molecule has 2 nitrogen and oxygen atoms in total. The Balaban J connectivity index is 2.35. The Kier molecular flexibility index (Phi) is 2.41. The first-order valence-corrected chi connectivity index (χ1v) is 5.72. The monoisotopic (exact) mass is 206 g/mol. The Morgan fingerprint density at radius 2 is 1.93 bits per heavy atom. The van der Waals surface area contributed by atoms with Gasteiger partial charge in [-0.15, -0.1) is 0 Å². The fourth-order valence-corrected chi connectivity index (χ4v) is 2.87. The zero-order valence-corrected chi connectivity index (χ0v) is 8.32. The molecule has 1 aromatic rings. The molecule has 0 unspecified atom stereocenters. The van der Waals surface area contributed by atoms with Crippen LogP contribution in [0.2, 0.25) is 0 Å². The van der Waals surface area contributed by atoms with Gasteiger partial charge in [-0.25, -0.2) is 4.79 Å². The predicted octanol–water partition coefficient (Wildman–Crippen LogP) is 2.79. The van der Waals surface area contributed by atoms with Crippen molar-refractivity contribution in [3.05, 3.63) is 52.8 Å². The quantitative estimate of drug-likeness (QED) is 0.730. The van der Waals surface area contributed by atoms with Gasteiger partial charge in [0.15, 0.2) is 0 Å². The van der Waals surface area contributed by atoms with E-state index < -0.39 is 16.9 Å². The molecule has 0 bridgehead atoms. The minimum Gasteiger partial charge on any atom is -0.478 e. The molecular formula is C11H10O2S. The average molecular weight is 206 g/mol. The second-order valence-electron chi connectivity index (χ2n) is 2.95. The molecule has 3 heteroatoms. The van der Waals surface area contributed by atoms with E-state index in [1.165, 1.54) is 0 Å². The molecule has 1 aliphatic rings. The molecule has 1 N–H and O–H groups in total. The summed E-state index contributed by atoms with van der Waals surface area (Å²) in [7, 11) is -0.406. The van der Waals surface area contributed by atoms with Crippen LogP contribution in [-0.4, -0.2) is 11.1 Å². The molecule has 1 aromatic carbocycles. The van der Waals surface area contributed by atoms with Gasteiger partial charge in [0.1, 0.15) is 0 Å². The maximum absolute atomic E-state index is 10.7. The molecule has 0 atom stereocenters. The Morgan fingerprint density at radius 1 is 1.21 bits per heavy atom. The van der Waals surface area contributed by atoms with Gasteiger partial charge in [-0.3, -0.25) is 0 Å². The van der Waals surface area contributed by atoms with Crippen LogP contribution in [-0.2, 0) is 0 Å². The number of benzene rings is 1. The van der Waals surface area contributed by atoms with Gasteiger partial charge in [0.25, 0.3) is 0 Å². The van der Waals surface area contributed by atoms with E-state index in [9.17, 15) is 4.79 Å². The number of thiol groups is 1. The van der Waals surface area contributed by atoms with Crippen LogP contribution in [0.15, 0.2) is 52.1 Å². The summed E-state index contributed by atoms with van der Waals surface area (Å²) in [5, 5.41) is 13.0. The summed E-state index contributed by atoms with van der Waals surface area (Å²) in [6.45, 7) is 0. The van der Waals surface area contributed by atoms with E-state index in [1.807, 2.05) is 18.2 Å². The molecule has 1 heterocycles. The van der Waals surface area contributed by atoms with Crippen molar-refractivity contribution in [2.45, 2.75) is 4.90 Å². The Hall–Kier alpha value is -1.48. The molecule has 72 valence electrons. The molecule has 2 rings (SSSR count). The van der Waals surface area contributed by atoms with Crippen molar-refractivity contribution < 1.29 is 9.90 Å². The molecule has 0 saturated heterocycles. The number of hydrogen-bond acceptors (Lipinski definition) is 1. The highest BCUT2D eigenvalue weighted by Gasteiger charge is 2.06. The third-order valence-corrected chi connectivity index (χ3v) is 3.86. The van der Waals surface area contributed by atoms with Crippen LogP contribution in [0.1, 0.15) is 10.4 Å². The predicted molar refractivity (Wildman–Crippen MR) is 58.9 cm³/mol. The van der Waals surface area contributed by atoms with Gasteiger partial charge in [-0.05, 0) is 33.9 Å². The number of hydrogen-bond donors (Lipinski definition) is 2. The van der Waals surface area contributed by atoms with Gasteiger partial charge in [0.2, 0.25) is 0 Å². The van der Waals surface area contributed by atoms with Gasteiger partial charge < -0.3 is 5.11 Å². The summed E-state index contributed by atoms with van der Waals surface area (Å²) in [6, 6.07) is 7.12. The van der Waals surface area contributed by atoms with E-state index in [-0.39, 0.29) is 0 Å². The lowest BCUT2D eigenvalue weighted by molar-refractivity contribution is 0.0696. The molecule has 1 aliphatic heterocycles. The topological polar surface area (TPSA) is 37.3 Å². The van der Waals surface area contributed by atoms with Crippen molar-refractivity contribution in [1.82, 2.24) is 0 Å². The van der Waals surface area contributed by atoms with E-state index in [0.29, 0.717) is 5.56 Å². The lowest BCUT2D eigenvalue weighted by Gasteiger charge is -2.10. The second kappa shape index (κ2) is 3.72. The SMILES string of the molecule is O=C(O)c1cccc([SH]2C=CC=C2)c1. The van der Waals surface area contributed by atoms with Crippen molar-refractivity contribution in [3.63, 3.8) is 0 Å². The minimum absolute atomic E-state index is 0.360. The molecule has 14 heavy (non-hydrogen) atoms. The first kappa shape index (κ1) is 9.09. The first-order valence-electron chi connectivity index (χ1n) is 4.24. The van der Waals surface area contributed by atoms with Crippen LogP contribution in [0.5, 0.6) is 0 Å². The Bertz CT molecular complexity index is 409. The fourth-order valence-electron chi connectivity index (χ4n) is 1.31. The highest BCUT2D eigenvalue weighted by Crippen LogP contribution is 2.41. The van der Waals surface area contributed by atoms with Crippen molar-refractivity contribution in [3.8, 4) is 0 Å². The number of aromatic carboxylic acids is 1. The summed E-state index contributed by atoms with van der Waals surface area (Å²) in [5.74, 6) is -0.867. The second-order valence-corrected chi connectivity index (χ2v) is 4.87. The molecule has 0 spiro atoms. The van der Waals surface area contributed by atoms with E-state index in [2.05, 4.69) is 10.8 Å². The Labute approximate surface area is 84.9 Å². The summed E-state index contributed by atoms with van der Waals surface area (Å²) in [4.78, 5) is 11.8. The van der Waals surface area contributed by atoms with Crippen molar-refractivity contribution in [2.75, 3.05) is 0 Å². The zero-order valence-electron chi connectivity index (χ0n) is 7.42. The average Bonchev–Trinajstić information content (AvgIpc) is 2.71. The molecule has 0 saturated carbocycles. The lowest BCUT2D eigenvalue weighted by Crippen LogP contribution is -1.95. The summed E-state index contributed by atoms with van der Waals surface area (Å²) >= 11 is 0. The van der Waals surface area contributed by atoms with E-state index in [1.54, 1.807) is 18.2 Å². The molecule has 0 aromatic heterocycles. The maximum atomic E-state index is 10.7. The number of rotatable bonds is 2. The first-order chi connectivity index (χ1) is 6.77. The van der Waals surface area contributed by atoms with Crippen LogP contribution in [0, 0.1) is 0 Å². The largest absolute Gasteiger partial charge is 0.478 e. The van der Waals surface area contributed by atoms with Crippen molar-refractivity contribution in [1.29, 1.82) is 0 Å². The van der Waals surface area contributed by atoms with Crippen LogP contribution in [0.25, 0.3) is 0 Å². The third kappa shape index (κ3) is 1.72. The number of carbonyl (C=O) groups is 1. The standard InChI is InChI=1S/C11H10O2S/c12-11(13)9-4-3-5-10(8-9)14-6-1-2-7-14/h1-8,14H,(H,12,13). The number of allylic oxidation sites excluding steroid dienone is 2. The third-order valence-electron chi connectivity index (χ3n) is 2.00. The summed E-state index contributed by atoms with van der Waals surface area (Å²) in [6.07, 6.45) is 4.00. The van der Waals surface area contributed by atoms with Crippen molar-refractivity contribution >= 4 is 16.9 Å². The molecule has 0 amide bonds. The maximum Gasteiger partial charge on any atom is 0.335 e. The highest BCUT2D eigenvalue weighted by atomic mass is 32.2. The molecule has 0 aliphatic carbocycles. The van der Waals surface area contributed by atoms with Gasteiger partial charge in [0, 0.05) is 0 Å². The molecule has 0 radical (unpaired) electrons. The van der Waals surface area contributed by atoms with Gasteiger partial charge in [0.05, 0.1) is 5.56 Å². The summed E-state index contributed by atoms with van der Waals surface area (Å²) in [5.41, 5.74) is 0.360. The fraction of sp³-hybridized carbons (Fsp3) is 0. The molecular weight excluding hydrogens is 196 g/mol. The normalized spacial score (nSPS) is 16.1. The van der Waals surface area contributed by atoms with Crippen LogP contribution in [0.4, 0.5) is 0 Å². The number of carboxylic acids is 1. The highest BCUT2D eigenvalue weighted by molar-refractivity contribution is 8.22. The zero-order chi connectivity index (χ0) is 9.97. The van der Waals surface area contributed by atoms with Crippen LogP contribution < -0.4 is 0 Å². The van der Waals surface area contributed by atoms with Gasteiger partial charge in [-0.1, -0.05) is 18.2 Å². The molecule has 0 fully saturated rings. The van der Waals surface area contributed by atoms with E-state index in [4.69, 9.17) is 5.11 Å². The number of carboxylic acid groups (broad SMARTS) is 1. The van der Waals surface area contributed by atoms with Crippen LogP contribution in [0.3, 0.4) is 0 Å². The smallest absolute Gasteiger partial charge is 0.335 e. The lowest BCUT2D eigenvalue weighted by atomic mass is 10.2. The Morgan fingerprint density at radius 3 is 2.57 bits per heavy atom. The van der Waals surface area contributed by atoms with Crippen molar-refractivity contribution in [2.24, 2.45) is 0 Å². The van der Waals surface area contributed by atoms with Crippen LogP contribution >= 0.6 is 10.9 Å². The van der Waals surface area contributed by atoms with Gasteiger partial charge in [-0.2, -0.15) is 10.9 Å². The van der Waals surface area contributed by atoms with E-state index in [0.717, 1.165) is 4.90 Å².